The van der Waals surface area contributed by atoms with Crippen molar-refractivity contribution in [2.24, 2.45) is 5.73 Å². The Hall–Kier alpha value is -1.72. The van der Waals surface area contributed by atoms with Crippen LogP contribution in [0.25, 0.3) is 11.3 Å². The molecule has 0 aliphatic heterocycles. The van der Waals surface area contributed by atoms with Gasteiger partial charge in [0.1, 0.15) is 0 Å². The number of thiazole rings is 1. The highest BCUT2D eigenvalue weighted by molar-refractivity contribution is 7.14. The topological polar surface area (TPSA) is 68.0 Å². The van der Waals surface area contributed by atoms with Gasteiger partial charge in [0.2, 0.25) is 5.91 Å². The summed E-state index contributed by atoms with van der Waals surface area (Å²) in [4.78, 5) is 16.0. The number of rotatable bonds is 4. The number of hydrogen-bond donors (Lipinski definition) is 2. The molecule has 3 N–H and O–H groups in total. The lowest BCUT2D eigenvalue weighted by Gasteiger charge is -2.04. The molecule has 0 saturated carbocycles. The second-order valence-corrected chi connectivity index (χ2v) is 5.44. The number of aryl methyl sites for hydroxylation is 1. The molecule has 2 rings (SSSR count). The molecule has 0 spiro atoms. The van der Waals surface area contributed by atoms with E-state index in [1.54, 1.807) is 6.92 Å². The zero-order chi connectivity index (χ0) is 13.8. The highest BCUT2D eigenvalue weighted by Gasteiger charge is 2.10. The SMILES string of the molecule is Cc1ccccc1-c1csc(NC(=O)CC(C)N)n1. The van der Waals surface area contributed by atoms with Gasteiger partial charge in [0.15, 0.2) is 5.13 Å². The summed E-state index contributed by atoms with van der Waals surface area (Å²) in [6.07, 6.45) is 0.305. The first-order valence-corrected chi connectivity index (χ1v) is 7.01. The minimum atomic E-state index is -0.143. The number of carbonyl (C=O) groups is 1. The number of benzene rings is 1. The smallest absolute Gasteiger partial charge is 0.227 e. The predicted molar refractivity (Wildman–Crippen MR) is 79.2 cm³/mol. The van der Waals surface area contributed by atoms with E-state index in [0.717, 1.165) is 11.3 Å². The van der Waals surface area contributed by atoms with E-state index in [9.17, 15) is 4.79 Å². The number of amides is 1. The molecule has 5 heteroatoms. The van der Waals surface area contributed by atoms with Gasteiger partial charge in [-0.1, -0.05) is 24.3 Å². The van der Waals surface area contributed by atoms with Crippen molar-refractivity contribution in [2.75, 3.05) is 5.32 Å². The van der Waals surface area contributed by atoms with E-state index in [4.69, 9.17) is 5.73 Å². The molecule has 19 heavy (non-hydrogen) atoms. The molecular weight excluding hydrogens is 258 g/mol. The van der Waals surface area contributed by atoms with Crippen LogP contribution in [-0.4, -0.2) is 16.9 Å². The molecule has 0 aliphatic rings. The first kappa shape index (κ1) is 13.7. The van der Waals surface area contributed by atoms with Crippen LogP contribution in [0.2, 0.25) is 0 Å². The Balaban J connectivity index is 2.12. The number of carbonyl (C=O) groups excluding carboxylic acids is 1. The Morgan fingerprint density at radius 1 is 1.47 bits per heavy atom. The summed E-state index contributed by atoms with van der Waals surface area (Å²) in [5.74, 6) is -0.0966. The third kappa shape index (κ3) is 3.62. The van der Waals surface area contributed by atoms with Gasteiger partial charge in [0.25, 0.3) is 0 Å². The molecule has 0 fully saturated rings. The van der Waals surface area contributed by atoms with Crippen LogP contribution in [0.5, 0.6) is 0 Å². The van der Waals surface area contributed by atoms with Crippen LogP contribution >= 0.6 is 11.3 Å². The van der Waals surface area contributed by atoms with Crippen molar-refractivity contribution < 1.29 is 4.79 Å². The number of aromatic nitrogens is 1. The molecule has 0 saturated heterocycles. The fraction of sp³-hybridized carbons (Fsp3) is 0.286. The maximum atomic E-state index is 11.6. The van der Waals surface area contributed by atoms with Crippen molar-refractivity contribution in [3.63, 3.8) is 0 Å². The molecule has 1 heterocycles. The molecule has 1 unspecified atom stereocenters. The summed E-state index contributed by atoms with van der Waals surface area (Å²) in [7, 11) is 0. The summed E-state index contributed by atoms with van der Waals surface area (Å²) in [6.45, 7) is 3.85. The quantitative estimate of drug-likeness (QED) is 0.901. The fourth-order valence-corrected chi connectivity index (χ4v) is 2.50. The van der Waals surface area contributed by atoms with Crippen LogP contribution in [0.1, 0.15) is 18.9 Å². The van der Waals surface area contributed by atoms with E-state index in [1.165, 1.54) is 16.9 Å². The maximum absolute atomic E-state index is 11.6. The van der Waals surface area contributed by atoms with Gasteiger partial charge < -0.3 is 11.1 Å². The van der Waals surface area contributed by atoms with Crippen molar-refractivity contribution in [3.8, 4) is 11.3 Å². The van der Waals surface area contributed by atoms with E-state index >= 15 is 0 Å². The van der Waals surface area contributed by atoms with Crippen molar-refractivity contribution >= 4 is 22.4 Å². The van der Waals surface area contributed by atoms with Crippen LogP contribution in [-0.2, 0) is 4.79 Å². The summed E-state index contributed by atoms with van der Waals surface area (Å²) in [6, 6.07) is 7.91. The average molecular weight is 275 g/mol. The molecule has 1 amide bonds. The standard InChI is InChI=1S/C14H17N3OS/c1-9-5-3-4-6-11(9)12-8-19-14(16-12)17-13(18)7-10(2)15/h3-6,8,10H,7,15H2,1-2H3,(H,16,17,18). The highest BCUT2D eigenvalue weighted by atomic mass is 32.1. The van der Waals surface area contributed by atoms with E-state index in [2.05, 4.69) is 10.3 Å². The molecule has 1 aromatic heterocycles. The normalized spacial score (nSPS) is 12.2. The summed E-state index contributed by atoms with van der Waals surface area (Å²) < 4.78 is 0. The van der Waals surface area contributed by atoms with Crippen LogP contribution in [0.4, 0.5) is 5.13 Å². The van der Waals surface area contributed by atoms with E-state index in [-0.39, 0.29) is 11.9 Å². The third-order valence-corrected chi connectivity index (χ3v) is 3.44. The van der Waals surface area contributed by atoms with Gasteiger partial charge in [0, 0.05) is 23.4 Å². The van der Waals surface area contributed by atoms with Crippen molar-refractivity contribution in [1.82, 2.24) is 4.98 Å². The van der Waals surface area contributed by atoms with Gasteiger partial charge in [-0.15, -0.1) is 11.3 Å². The Morgan fingerprint density at radius 3 is 2.89 bits per heavy atom. The van der Waals surface area contributed by atoms with Crippen LogP contribution in [0, 0.1) is 6.92 Å². The molecular formula is C14H17N3OS. The van der Waals surface area contributed by atoms with Crippen LogP contribution in [0.3, 0.4) is 0 Å². The van der Waals surface area contributed by atoms with E-state index in [1.807, 2.05) is 36.6 Å². The number of nitrogens with zero attached hydrogens (tertiary/aromatic N) is 1. The lowest BCUT2D eigenvalue weighted by molar-refractivity contribution is -0.116. The Morgan fingerprint density at radius 2 is 2.21 bits per heavy atom. The van der Waals surface area contributed by atoms with E-state index in [0.29, 0.717) is 11.6 Å². The zero-order valence-corrected chi connectivity index (χ0v) is 11.8. The third-order valence-electron chi connectivity index (χ3n) is 2.68. The lowest BCUT2D eigenvalue weighted by atomic mass is 10.1. The Bertz CT molecular complexity index is 578. The average Bonchev–Trinajstić information content (AvgIpc) is 2.76. The monoisotopic (exact) mass is 275 g/mol. The van der Waals surface area contributed by atoms with E-state index < -0.39 is 0 Å². The predicted octanol–water partition coefficient (Wildman–Crippen LogP) is 2.79. The number of anilines is 1. The Kier molecular flexibility index (Phi) is 4.29. The van der Waals surface area contributed by atoms with Gasteiger partial charge in [-0.25, -0.2) is 4.98 Å². The Labute approximate surface area is 116 Å². The summed E-state index contributed by atoms with van der Waals surface area (Å²) >= 11 is 1.42. The molecule has 1 atom stereocenters. The molecule has 2 aromatic rings. The number of hydrogen-bond acceptors (Lipinski definition) is 4. The zero-order valence-electron chi connectivity index (χ0n) is 11.0. The van der Waals surface area contributed by atoms with Crippen LogP contribution in [0.15, 0.2) is 29.6 Å². The van der Waals surface area contributed by atoms with Crippen molar-refractivity contribution in [1.29, 1.82) is 0 Å². The maximum Gasteiger partial charge on any atom is 0.227 e. The molecule has 100 valence electrons. The van der Waals surface area contributed by atoms with Gasteiger partial charge in [-0.2, -0.15) is 0 Å². The van der Waals surface area contributed by atoms with Gasteiger partial charge in [0.05, 0.1) is 5.69 Å². The van der Waals surface area contributed by atoms with Gasteiger partial charge in [-0.05, 0) is 19.4 Å². The first-order valence-electron chi connectivity index (χ1n) is 6.13. The minimum Gasteiger partial charge on any atom is -0.327 e. The lowest BCUT2D eigenvalue weighted by Crippen LogP contribution is -2.23. The van der Waals surface area contributed by atoms with Gasteiger partial charge >= 0.3 is 0 Å². The van der Waals surface area contributed by atoms with Crippen LogP contribution < -0.4 is 11.1 Å². The highest BCUT2D eigenvalue weighted by Crippen LogP contribution is 2.27. The second-order valence-electron chi connectivity index (χ2n) is 4.58. The molecule has 4 nitrogen and oxygen atoms in total. The molecule has 0 bridgehead atoms. The van der Waals surface area contributed by atoms with Crippen molar-refractivity contribution in [3.05, 3.63) is 35.2 Å². The molecule has 0 aliphatic carbocycles. The van der Waals surface area contributed by atoms with Crippen molar-refractivity contribution in [2.45, 2.75) is 26.3 Å². The summed E-state index contributed by atoms with van der Waals surface area (Å²) in [5, 5.41) is 5.33. The largest absolute Gasteiger partial charge is 0.327 e. The van der Waals surface area contributed by atoms with Gasteiger partial charge in [-0.3, -0.25) is 4.79 Å². The number of nitrogens with one attached hydrogen (secondary N) is 1. The minimum absolute atomic E-state index is 0.0966. The first-order chi connectivity index (χ1) is 9.06. The summed E-state index contributed by atoms with van der Waals surface area (Å²) in [5.41, 5.74) is 8.73. The molecule has 0 radical (unpaired) electrons. The molecule has 1 aromatic carbocycles. The number of nitrogens with two attached hydrogens (primary N) is 1. The second kappa shape index (κ2) is 5.95. The fourth-order valence-electron chi connectivity index (χ4n) is 1.78.